The summed E-state index contributed by atoms with van der Waals surface area (Å²) in [5.41, 5.74) is 2.40. The number of aryl methyl sites for hydroxylation is 1. The maximum absolute atomic E-state index is 15.1. The summed E-state index contributed by atoms with van der Waals surface area (Å²) in [6.07, 6.45) is 2.04. The van der Waals surface area contributed by atoms with Gasteiger partial charge in [0, 0.05) is 23.6 Å². The van der Waals surface area contributed by atoms with Crippen molar-refractivity contribution in [2.45, 2.75) is 49.2 Å². The molecule has 0 aromatic heterocycles. The summed E-state index contributed by atoms with van der Waals surface area (Å²) in [6, 6.07) is 15.8. The molecule has 2 aromatic rings. The minimum Gasteiger partial charge on any atom is -0.302 e. The van der Waals surface area contributed by atoms with E-state index in [2.05, 4.69) is 55.4 Å². The normalized spacial score (nSPS) is 31.0. The van der Waals surface area contributed by atoms with Crippen LogP contribution in [0.4, 0.5) is 4.39 Å². The summed E-state index contributed by atoms with van der Waals surface area (Å²) in [4.78, 5) is 2.19. The Balaban J connectivity index is 1.97. The topological polar surface area (TPSA) is 15.3 Å². The van der Waals surface area contributed by atoms with Crippen LogP contribution in [0.3, 0.4) is 0 Å². The molecule has 1 aliphatic carbocycles. The average Bonchev–Trinajstić information content (AvgIpc) is 3.06. The predicted octanol–water partition coefficient (Wildman–Crippen LogP) is 4.63. The quantitative estimate of drug-likeness (QED) is 0.610. The molecule has 1 aliphatic heterocycles. The minimum absolute atomic E-state index is 0.124. The molecule has 4 rings (SSSR count). The Morgan fingerprint density at radius 3 is 2.58 bits per heavy atom. The summed E-state index contributed by atoms with van der Waals surface area (Å²) in [7, 11) is 2.05. The number of nitrogens with zero attached hydrogens (tertiary/aromatic N) is 1. The number of benzene rings is 2. The van der Waals surface area contributed by atoms with Gasteiger partial charge in [-0.05, 0) is 50.9 Å². The number of halogens is 2. The second kappa shape index (κ2) is 6.33. The van der Waals surface area contributed by atoms with Crippen LogP contribution < -0.4 is 5.32 Å². The molecule has 3 unspecified atom stereocenters. The third-order valence-corrected chi connectivity index (χ3v) is 7.22. The molecule has 0 radical (unpaired) electrons. The molecule has 1 heterocycles. The Kier molecular flexibility index (Phi) is 4.37. The van der Waals surface area contributed by atoms with Gasteiger partial charge in [0.05, 0.1) is 11.0 Å². The summed E-state index contributed by atoms with van der Waals surface area (Å²) in [5, 5.41) is 3.73. The smallest absolute Gasteiger partial charge is 0.128 e. The van der Waals surface area contributed by atoms with Gasteiger partial charge in [-0.15, -0.1) is 11.6 Å². The molecule has 2 aromatic carbocycles. The molecule has 0 spiro atoms. The zero-order valence-electron chi connectivity index (χ0n) is 15.6. The Bertz CT molecular complexity index is 821. The second-order valence-corrected chi connectivity index (χ2v) is 8.57. The first kappa shape index (κ1) is 18.0. The first-order chi connectivity index (χ1) is 12.4. The molecule has 0 saturated carbocycles. The van der Waals surface area contributed by atoms with Crippen LogP contribution in [0.2, 0.25) is 0 Å². The highest BCUT2D eigenvalue weighted by molar-refractivity contribution is 6.20. The third kappa shape index (κ3) is 2.37. The van der Waals surface area contributed by atoms with Gasteiger partial charge in [0.1, 0.15) is 5.82 Å². The van der Waals surface area contributed by atoms with Gasteiger partial charge in [-0.3, -0.25) is 4.90 Å². The number of alkyl halides is 1. The van der Waals surface area contributed by atoms with E-state index in [4.69, 9.17) is 11.6 Å². The summed E-state index contributed by atoms with van der Waals surface area (Å²) in [5.74, 6) is 0.0381. The van der Waals surface area contributed by atoms with E-state index in [1.807, 2.05) is 12.1 Å². The van der Waals surface area contributed by atoms with Crippen molar-refractivity contribution in [3.63, 3.8) is 0 Å². The van der Waals surface area contributed by atoms with Crippen LogP contribution in [-0.2, 0) is 12.0 Å². The maximum atomic E-state index is 15.1. The van der Waals surface area contributed by atoms with E-state index < -0.39 is 5.54 Å². The molecule has 26 heavy (non-hydrogen) atoms. The Morgan fingerprint density at radius 2 is 1.81 bits per heavy atom. The molecule has 0 amide bonds. The van der Waals surface area contributed by atoms with Crippen molar-refractivity contribution in [3.8, 4) is 0 Å². The van der Waals surface area contributed by atoms with E-state index in [9.17, 15) is 0 Å². The van der Waals surface area contributed by atoms with Crippen molar-refractivity contribution in [1.82, 2.24) is 10.2 Å². The average molecular weight is 373 g/mol. The van der Waals surface area contributed by atoms with E-state index in [1.165, 1.54) is 11.1 Å². The summed E-state index contributed by atoms with van der Waals surface area (Å²) >= 11 is 6.58. The van der Waals surface area contributed by atoms with Crippen molar-refractivity contribution in [2.75, 3.05) is 13.6 Å². The van der Waals surface area contributed by atoms with Crippen LogP contribution in [0.25, 0.3) is 0 Å². The van der Waals surface area contributed by atoms with Crippen molar-refractivity contribution in [3.05, 3.63) is 71.0 Å². The van der Waals surface area contributed by atoms with E-state index in [1.54, 1.807) is 12.1 Å². The fraction of sp³-hybridized carbons (Fsp3) is 0.455. The van der Waals surface area contributed by atoms with Crippen molar-refractivity contribution in [2.24, 2.45) is 0 Å². The number of fused-ring (bicyclic) bond motifs is 1. The number of hydrogen-bond acceptors (Lipinski definition) is 2. The lowest BCUT2D eigenvalue weighted by Gasteiger charge is -2.60. The van der Waals surface area contributed by atoms with E-state index in [-0.39, 0.29) is 22.8 Å². The molecule has 2 nitrogen and oxygen atoms in total. The molecule has 3 atom stereocenters. The molecule has 0 bridgehead atoms. The van der Waals surface area contributed by atoms with Gasteiger partial charge in [-0.1, -0.05) is 42.5 Å². The van der Waals surface area contributed by atoms with Gasteiger partial charge in [0.2, 0.25) is 0 Å². The number of piperazine rings is 1. The van der Waals surface area contributed by atoms with Crippen LogP contribution in [0, 0.1) is 5.82 Å². The summed E-state index contributed by atoms with van der Waals surface area (Å²) < 4.78 is 15.1. The number of nitrogens with one attached hydrogen (secondary N) is 1. The zero-order chi connectivity index (χ0) is 18.5. The van der Waals surface area contributed by atoms with Gasteiger partial charge < -0.3 is 5.32 Å². The zero-order valence-corrected chi connectivity index (χ0v) is 16.4. The highest BCUT2D eigenvalue weighted by Gasteiger charge is 2.59. The Hall–Kier alpha value is -1.42. The number of likely N-dealkylation sites (N-methyl/N-ethyl adjacent to an activating group) is 1. The Morgan fingerprint density at radius 1 is 1.12 bits per heavy atom. The lowest BCUT2D eigenvalue weighted by Crippen LogP contribution is -2.73. The largest absolute Gasteiger partial charge is 0.302 e. The lowest BCUT2D eigenvalue weighted by atomic mass is 9.62. The van der Waals surface area contributed by atoms with Crippen molar-refractivity contribution in [1.29, 1.82) is 0 Å². The molecule has 4 heteroatoms. The van der Waals surface area contributed by atoms with Crippen LogP contribution in [0.5, 0.6) is 0 Å². The molecular weight excluding hydrogens is 347 g/mol. The maximum Gasteiger partial charge on any atom is 0.128 e. The first-order valence-electron chi connectivity index (χ1n) is 9.34. The van der Waals surface area contributed by atoms with Crippen LogP contribution >= 0.6 is 11.6 Å². The molecule has 1 fully saturated rings. The number of hydrogen-bond donors (Lipinski definition) is 1. The van der Waals surface area contributed by atoms with Crippen LogP contribution in [0.15, 0.2) is 48.5 Å². The Labute approximate surface area is 160 Å². The van der Waals surface area contributed by atoms with E-state index in [0.29, 0.717) is 6.54 Å². The predicted molar refractivity (Wildman–Crippen MR) is 105 cm³/mol. The van der Waals surface area contributed by atoms with Crippen molar-refractivity contribution < 1.29 is 4.39 Å². The summed E-state index contributed by atoms with van der Waals surface area (Å²) in [6.45, 7) is 4.98. The highest BCUT2D eigenvalue weighted by atomic mass is 35.5. The first-order valence-corrected chi connectivity index (χ1v) is 9.78. The van der Waals surface area contributed by atoms with Crippen LogP contribution in [0.1, 0.15) is 42.9 Å². The highest BCUT2D eigenvalue weighted by Crippen LogP contribution is 2.54. The fourth-order valence-electron chi connectivity index (χ4n) is 5.18. The molecule has 138 valence electrons. The van der Waals surface area contributed by atoms with E-state index >= 15 is 4.39 Å². The van der Waals surface area contributed by atoms with Gasteiger partial charge in [0.25, 0.3) is 0 Å². The molecule has 1 saturated heterocycles. The van der Waals surface area contributed by atoms with Gasteiger partial charge in [0.15, 0.2) is 0 Å². The molecular formula is C22H26ClFN2. The van der Waals surface area contributed by atoms with Gasteiger partial charge in [-0.2, -0.15) is 0 Å². The van der Waals surface area contributed by atoms with Crippen molar-refractivity contribution >= 4 is 11.6 Å². The molecule has 2 aliphatic rings. The SMILES string of the molecule is CN1C(Cl)CNC(c2ccccc2F)(C2CCc3ccccc32)C1(C)C. The van der Waals surface area contributed by atoms with Gasteiger partial charge >= 0.3 is 0 Å². The van der Waals surface area contributed by atoms with E-state index in [0.717, 1.165) is 18.4 Å². The third-order valence-electron chi connectivity index (χ3n) is 6.77. The fourth-order valence-corrected chi connectivity index (χ4v) is 5.50. The monoisotopic (exact) mass is 372 g/mol. The van der Waals surface area contributed by atoms with Gasteiger partial charge in [-0.25, -0.2) is 4.39 Å². The minimum atomic E-state index is -0.551. The van der Waals surface area contributed by atoms with Crippen LogP contribution in [-0.4, -0.2) is 29.5 Å². The second-order valence-electron chi connectivity index (χ2n) is 8.06. The lowest BCUT2D eigenvalue weighted by molar-refractivity contribution is -0.0278. The number of rotatable bonds is 2. The standard InChI is InChI=1S/C22H26ClFN2/c1-21(2)22(25-14-20(23)26(21)3,18-10-6-7-11-19(18)24)17-13-12-15-8-4-5-9-16(15)17/h4-11,17,20,25H,12-14H2,1-3H3. The molecule has 1 N–H and O–H groups in total.